The van der Waals surface area contributed by atoms with Gasteiger partial charge in [-0.1, -0.05) is 0 Å². The number of hydrogen-bond donors (Lipinski definition) is 1. The van der Waals surface area contributed by atoms with Crippen molar-refractivity contribution in [2.45, 2.75) is 6.92 Å². The second-order valence-corrected chi connectivity index (χ2v) is 3.24. The zero-order valence-corrected chi connectivity index (χ0v) is 9.32. The summed E-state index contributed by atoms with van der Waals surface area (Å²) in [7, 11) is 0. The summed E-state index contributed by atoms with van der Waals surface area (Å²) in [5.74, 6) is 0.749. The molecule has 88 valence electrons. The molecular weight excluding hydrogens is 220 g/mol. The van der Waals surface area contributed by atoms with E-state index in [1.807, 2.05) is 6.92 Å². The van der Waals surface area contributed by atoms with E-state index < -0.39 is 0 Å². The van der Waals surface area contributed by atoms with Crippen LogP contribution in [0.4, 0.5) is 0 Å². The fraction of sp³-hybridized carbons (Fsp3) is 0.182. The first kappa shape index (κ1) is 11.1. The molecule has 0 radical (unpaired) electrons. The molecule has 17 heavy (non-hydrogen) atoms. The Kier molecular flexibility index (Phi) is 3.34. The molecule has 6 nitrogen and oxygen atoms in total. The molecule has 0 fully saturated rings. The van der Waals surface area contributed by atoms with Crippen molar-refractivity contribution < 1.29 is 9.84 Å². The number of phenols is 1. The van der Waals surface area contributed by atoms with Crippen LogP contribution < -0.4 is 4.74 Å². The highest BCUT2D eigenvalue weighted by Gasteiger charge is 2.00. The third-order valence-corrected chi connectivity index (χ3v) is 2.05. The minimum atomic E-state index is 0.118. The fourth-order valence-corrected chi connectivity index (χ4v) is 1.27. The van der Waals surface area contributed by atoms with Gasteiger partial charge in [0, 0.05) is 11.6 Å². The van der Waals surface area contributed by atoms with Gasteiger partial charge in [0.25, 0.3) is 0 Å². The quantitative estimate of drug-likeness (QED) is 0.805. The van der Waals surface area contributed by atoms with Gasteiger partial charge in [0.1, 0.15) is 24.2 Å². The molecule has 0 amide bonds. The number of rotatable bonds is 4. The highest BCUT2D eigenvalue weighted by atomic mass is 16.5. The van der Waals surface area contributed by atoms with E-state index in [2.05, 4.69) is 15.3 Å². The van der Waals surface area contributed by atoms with Gasteiger partial charge in [0.05, 0.1) is 12.8 Å². The summed E-state index contributed by atoms with van der Waals surface area (Å²) < 4.78 is 6.70. The summed E-state index contributed by atoms with van der Waals surface area (Å²) in [5, 5.41) is 21.0. The number of phenolic OH excluding ortho intramolecular Hbond substituents is 1. The molecule has 0 aliphatic carbocycles. The average Bonchev–Trinajstić information content (AvgIpc) is 2.81. The highest BCUT2D eigenvalue weighted by Crippen LogP contribution is 2.22. The molecule has 0 unspecified atom stereocenters. The lowest BCUT2D eigenvalue weighted by Gasteiger charge is -2.04. The summed E-state index contributed by atoms with van der Waals surface area (Å²) in [6.07, 6.45) is 4.44. The smallest absolute Gasteiger partial charge is 0.141 e. The van der Waals surface area contributed by atoms with Crippen molar-refractivity contribution in [1.82, 2.24) is 14.9 Å². The highest BCUT2D eigenvalue weighted by molar-refractivity contribution is 5.83. The minimum Gasteiger partial charge on any atom is -0.507 e. The number of aromatic hydroxyl groups is 1. The van der Waals surface area contributed by atoms with Crippen molar-refractivity contribution in [3.05, 3.63) is 36.4 Å². The lowest BCUT2D eigenvalue weighted by Crippen LogP contribution is -1.93. The molecule has 1 heterocycles. The number of nitrogens with zero attached hydrogens (tertiary/aromatic N) is 4. The van der Waals surface area contributed by atoms with E-state index in [4.69, 9.17) is 4.74 Å². The maximum atomic E-state index is 9.73. The first-order valence-electron chi connectivity index (χ1n) is 5.14. The predicted molar refractivity (Wildman–Crippen MR) is 62.3 cm³/mol. The molecule has 1 N–H and O–H groups in total. The van der Waals surface area contributed by atoms with Crippen LogP contribution in [0, 0.1) is 0 Å². The fourth-order valence-electron chi connectivity index (χ4n) is 1.27. The number of ether oxygens (including phenoxy) is 1. The van der Waals surface area contributed by atoms with E-state index >= 15 is 0 Å². The second-order valence-electron chi connectivity index (χ2n) is 3.24. The Labute approximate surface area is 98.2 Å². The van der Waals surface area contributed by atoms with E-state index in [0.29, 0.717) is 17.9 Å². The van der Waals surface area contributed by atoms with Crippen LogP contribution in [0.1, 0.15) is 12.5 Å². The van der Waals surface area contributed by atoms with Gasteiger partial charge in [-0.15, -0.1) is 10.2 Å². The third-order valence-electron chi connectivity index (χ3n) is 2.05. The Balaban J connectivity index is 2.16. The van der Waals surface area contributed by atoms with Crippen molar-refractivity contribution in [3.63, 3.8) is 0 Å². The molecule has 1 aromatic heterocycles. The van der Waals surface area contributed by atoms with Crippen LogP contribution in [0.15, 0.2) is 36.0 Å². The summed E-state index contributed by atoms with van der Waals surface area (Å²) in [4.78, 5) is 0. The van der Waals surface area contributed by atoms with Crippen LogP contribution in [0.3, 0.4) is 0 Å². The number of hydrogen-bond acceptors (Lipinski definition) is 5. The van der Waals surface area contributed by atoms with Crippen LogP contribution in [0.5, 0.6) is 11.5 Å². The monoisotopic (exact) mass is 232 g/mol. The lowest BCUT2D eigenvalue weighted by atomic mass is 10.2. The van der Waals surface area contributed by atoms with Crippen LogP contribution in [-0.4, -0.2) is 32.8 Å². The molecule has 0 bridgehead atoms. The SMILES string of the molecule is CCOc1ccc(/C=N\n2cnnc2)c(O)c1. The van der Waals surface area contributed by atoms with E-state index in [-0.39, 0.29) is 5.75 Å². The molecule has 6 heteroatoms. The minimum absolute atomic E-state index is 0.118. The molecule has 2 rings (SSSR count). The van der Waals surface area contributed by atoms with Crippen molar-refractivity contribution >= 4 is 6.21 Å². The van der Waals surface area contributed by atoms with Crippen molar-refractivity contribution in [2.75, 3.05) is 6.61 Å². The Morgan fingerprint density at radius 2 is 2.18 bits per heavy atom. The molecule has 1 aromatic carbocycles. The number of benzene rings is 1. The summed E-state index contributed by atoms with van der Waals surface area (Å²) >= 11 is 0. The Morgan fingerprint density at radius 1 is 1.41 bits per heavy atom. The molecule has 0 spiro atoms. The molecule has 0 aliphatic rings. The van der Waals surface area contributed by atoms with Crippen molar-refractivity contribution in [2.24, 2.45) is 5.10 Å². The van der Waals surface area contributed by atoms with Crippen LogP contribution in [-0.2, 0) is 0 Å². The zero-order valence-electron chi connectivity index (χ0n) is 9.32. The molecular formula is C11H12N4O2. The van der Waals surface area contributed by atoms with Gasteiger partial charge in [0.15, 0.2) is 0 Å². The van der Waals surface area contributed by atoms with Gasteiger partial charge in [0.2, 0.25) is 0 Å². The second kappa shape index (κ2) is 5.11. The summed E-state index contributed by atoms with van der Waals surface area (Å²) in [6.45, 7) is 2.45. The maximum absolute atomic E-state index is 9.73. The summed E-state index contributed by atoms with van der Waals surface area (Å²) in [6, 6.07) is 5.06. The molecule has 0 atom stereocenters. The normalized spacial score (nSPS) is 10.9. The lowest BCUT2D eigenvalue weighted by molar-refractivity contribution is 0.337. The standard InChI is InChI=1S/C11H12N4O2/c1-2-17-10-4-3-9(11(16)5-10)6-14-15-7-12-13-8-15/h3-8,16H,2H2,1H3/b14-6-. The van der Waals surface area contributed by atoms with Crippen LogP contribution in [0.2, 0.25) is 0 Å². The van der Waals surface area contributed by atoms with E-state index in [1.54, 1.807) is 18.2 Å². The van der Waals surface area contributed by atoms with Crippen molar-refractivity contribution in [1.29, 1.82) is 0 Å². The third kappa shape index (κ3) is 2.81. The molecule has 0 saturated carbocycles. The first-order chi connectivity index (χ1) is 8.29. The zero-order chi connectivity index (χ0) is 12.1. The van der Waals surface area contributed by atoms with Gasteiger partial charge in [-0.05, 0) is 19.1 Å². The van der Waals surface area contributed by atoms with E-state index in [1.165, 1.54) is 23.5 Å². The predicted octanol–water partition coefficient (Wildman–Crippen LogP) is 1.26. The number of aromatic nitrogens is 3. The van der Waals surface area contributed by atoms with Crippen molar-refractivity contribution in [3.8, 4) is 11.5 Å². The Hall–Kier alpha value is -2.37. The Bertz CT molecular complexity index is 508. The molecule has 0 saturated heterocycles. The average molecular weight is 232 g/mol. The van der Waals surface area contributed by atoms with Gasteiger partial charge in [-0.2, -0.15) is 5.10 Å². The van der Waals surface area contributed by atoms with Gasteiger partial charge in [-0.25, -0.2) is 4.68 Å². The van der Waals surface area contributed by atoms with Gasteiger partial charge >= 0.3 is 0 Å². The maximum Gasteiger partial charge on any atom is 0.141 e. The van der Waals surface area contributed by atoms with E-state index in [0.717, 1.165) is 0 Å². The van der Waals surface area contributed by atoms with E-state index in [9.17, 15) is 5.11 Å². The van der Waals surface area contributed by atoms with Gasteiger partial charge in [-0.3, -0.25) is 0 Å². The van der Waals surface area contributed by atoms with Crippen LogP contribution in [0.25, 0.3) is 0 Å². The summed E-state index contributed by atoms with van der Waals surface area (Å²) in [5.41, 5.74) is 0.599. The first-order valence-corrected chi connectivity index (χ1v) is 5.14. The topological polar surface area (TPSA) is 72.5 Å². The van der Waals surface area contributed by atoms with Crippen LogP contribution >= 0.6 is 0 Å². The Morgan fingerprint density at radius 3 is 2.82 bits per heavy atom. The molecule has 2 aromatic rings. The van der Waals surface area contributed by atoms with Gasteiger partial charge < -0.3 is 9.84 Å². The largest absolute Gasteiger partial charge is 0.507 e. The molecule has 0 aliphatic heterocycles.